The largest absolute Gasteiger partial charge is 0.349 e. The van der Waals surface area contributed by atoms with Gasteiger partial charge in [-0.05, 0) is 24.0 Å². The van der Waals surface area contributed by atoms with Crippen LogP contribution in [0.4, 0.5) is 0 Å². The molecule has 0 N–H and O–H groups in total. The van der Waals surface area contributed by atoms with Gasteiger partial charge in [-0.3, -0.25) is 4.79 Å². The molecule has 0 unspecified atom stereocenters. The summed E-state index contributed by atoms with van der Waals surface area (Å²) in [5, 5.41) is 0. The number of nitrogens with zero attached hydrogens (tertiary/aromatic N) is 1. The first-order valence-electron chi connectivity index (χ1n) is 5.07. The predicted octanol–water partition coefficient (Wildman–Crippen LogP) is 2.64. The lowest BCUT2D eigenvalue weighted by atomic mass is 10.1. The van der Waals surface area contributed by atoms with Gasteiger partial charge in [0.25, 0.3) is 0 Å². The summed E-state index contributed by atoms with van der Waals surface area (Å²) in [5.41, 5.74) is 1.26. The number of halogens is 1. The second-order valence-electron chi connectivity index (χ2n) is 4.20. The van der Waals surface area contributed by atoms with Crippen LogP contribution in [0.5, 0.6) is 0 Å². The molecule has 2 rings (SSSR count). The summed E-state index contributed by atoms with van der Waals surface area (Å²) in [5.74, 6) is 0.852. The van der Waals surface area contributed by atoms with Crippen LogP contribution in [0, 0.1) is 5.92 Å². The van der Waals surface area contributed by atoms with E-state index in [1.165, 1.54) is 5.56 Å². The van der Waals surface area contributed by atoms with Crippen LogP contribution >= 0.6 is 15.9 Å². The lowest BCUT2D eigenvalue weighted by Crippen LogP contribution is -2.23. The molecule has 1 aliphatic carbocycles. The molecular weight excluding hydrogens is 254 g/mol. The SMILES string of the molecule is CN(C)C(=O)[C@H]1C[C@@H]1c1ccccc1Br. The van der Waals surface area contributed by atoms with Gasteiger partial charge in [-0.2, -0.15) is 0 Å². The van der Waals surface area contributed by atoms with Crippen molar-refractivity contribution in [1.29, 1.82) is 0 Å². The third-order valence-corrected chi connectivity index (χ3v) is 3.58. The number of benzene rings is 1. The van der Waals surface area contributed by atoms with Crippen molar-refractivity contribution in [3.63, 3.8) is 0 Å². The van der Waals surface area contributed by atoms with Gasteiger partial charge < -0.3 is 4.90 Å². The zero-order chi connectivity index (χ0) is 11.0. The minimum atomic E-state index is 0.193. The highest BCUT2D eigenvalue weighted by molar-refractivity contribution is 9.10. The van der Waals surface area contributed by atoms with E-state index in [-0.39, 0.29) is 11.8 Å². The maximum absolute atomic E-state index is 11.7. The zero-order valence-corrected chi connectivity index (χ0v) is 10.5. The van der Waals surface area contributed by atoms with Crippen LogP contribution in [-0.4, -0.2) is 24.9 Å². The molecule has 0 radical (unpaired) electrons. The summed E-state index contributed by atoms with van der Waals surface area (Å²) < 4.78 is 1.11. The van der Waals surface area contributed by atoms with Crippen LogP contribution in [0.3, 0.4) is 0 Å². The summed E-state index contributed by atoms with van der Waals surface area (Å²) in [4.78, 5) is 13.4. The Morgan fingerprint density at radius 1 is 1.40 bits per heavy atom. The lowest BCUT2D eigenvalue weighted by molar-refractivity contribution is -0.130. The minimum absolute atomic E-state index is 0.193. The second-order valence-corrected chi connectivity index (χ2v) is 5.06. The first-order chi connectivity index (χ1) is 7.11. The first-order valence-corrected chi connectivity index (χ1v) is 5.86. The smallest absolute Gasteiger partial charge is 0.225 e. The summed E-state index contributed by atoms with van der Waals surface area (Å²) in [6.45, 7) is 0. The van der Waals surface area contributed by atoms with Crippen LogP contribution in [-0.2, 0) is 4.79 Å². The Morgan fingerprint density at radius 2 is 2.07 bits per heavy atom. The molecule has 1 aliphatic rings. The molecule has 2 nitrogen and oxygen atoms in total. The third-order valence-electron chi connectivity index (χ3n) is 2.85. The van der Waals surface area contributed by atoms with E-state index < -0.39 is 0 Å². The molecule has 1 aromatic rings. The minimum Gasteiger partial charge on any atom is -0.349 e. The van der Waals surface area contributed by atoms with Gasteiger partial charge in [0, 0.05) is 24.5 Å². The predicted molar refractivity (Wildman–Crippen MR) is 63.7 cm³/mol. The van der Waals surface area contributed by atoms with Crippen LogP contribution in [0.2, 0.25) is 0 Å². The molecule has 3 heteroatoms. The van der Waals surface area contributed by atoms with Crippen molar-refractivity contribution in [2.75, 3.05) is 14.1 Å². The van der Waals surface area contributed by atoms with Gasteiger partial charge in [-0.1, -0.05) is 34.1 Å². The molecular formula is C12H14BrNO. The van der Waals surface area contributed by atoms with Crippen LogP contribution in [0.15, 0.2) is 28.7 Å². The Kier molecular flexibility index (Phi) is 2.83. The van der Waals surface area contributed by atoms with Crippen molar-refractivity contribution in [2.24, 2.45) is 5.92 Å². The summed E-state index contributed by atoms with van der Waals surface area (Å²) in [6, 6.07) is 8.15. The molecule has 2 atom stereocenters. The van der Waals surface area contributed by atoms with Crippen molar-refractivity contribution in [2.45, 2.75) is 12.3 Å². The molecule has 80 valence electrons. The van der Waals surface area contributed by atoms with Gasteiger partial charge in [0.2, 0.25) is 5.91 Å². The molecule has 1 aromatic carbocycles. The standard InChI is InChI=1S/C12H14BrNO/c1-14(2)12(15)10-7-9(10)8-5-3-4-6-11(8)13/h3-6,9-10H,7H2,1-2H3/t9-,10+/m1/s1. The Bertz CT molecular complexity index is 389. The molecule has 15 heavy (non-hydrogen) atoms. The second kappa shape index (κ2) is 3.97. The molecule has 1 amide bonds. The summed E-state index contributed by atoms with van der Waals surface area (Å²) >= 11 is 3.53. The Hall–Kier alpha value is -0.830. The molecule has 0 aromatic heterocycles. The van der Waals surface area contributed by atoms with Gasteiger partial charge in [-0.15, -0.1) is 0 Å². The van der Waals surface area contributed by atoms with Crippen LogP contribution < -0.4 is 0 Å². The maximum Gasteiger partial charge on any atom is 0.225 e. The average molecular weight is 268 g/mol. The average Bonchev–Trinajstić information content (AvgIpc) is 2.97. The number of carbonyl (C=O) groups excluding carboxylic acids is 1. The van der Waals surface area contributed by atoms with E-state index in [1.807, 2.05) is 32.3 Å². The Labute approximate surface area is 98.4 Å². The number of hydrogen-bond donors (Lipinski definition) is 0. The van der Waals surface area contributed by atoms with Gasteiger partial charge >= 0.3 is 0 Å². The van der Waals surface area contributed by atoms with Gasteiger partial charge in [0.1, 0.15) is 0 Å². The van der Waals surface area contributed by atoms with Crippen molar-refractivity contribution in [1.82, 2.24) is 4.90 Å². The quantitative estimate of drug-likeness (QED) is 0.807. The molecule has 1 saturated carbocycles. The number of amides is 1. The molecule has 0 spiro atoms. The Balaban J connectivity index is 2.12. The fourth-order valence-electron chi connectivity index (χ4n) is 1.92. The van der Waals surface area contributed by atoms with Crippen molar-refractivity contribution in [3.05, 3.63) is 34.3 Å². The molecule has 0 heterocycles. The maximum atomic E-state index is 11.7. The summed E-state index contributed by atoms with van der Waals surface area (Å²) in [6.07, 6.45) is 0.986. The fourth-order valence-corrected chi connectivity index (χ4v) is 2.50. The third kappa shape index (κ3) is 2.07. The first kappa shape index (κ1) is 10.7. The van der Waals surface area contributed by atoms with E-state index in [4.69, 9.17) is 0 Å². The van der Waals surface area contributed by atoms with E-state index in [0.29, 0.717) is 5.92 Å². The Morgan fingerprint density at radius 3 is 2.67 bits per heavy atom. The van der Waals surface area contributed by atoms with E-state index in [9.17, 15) is 4.79 Å². The van der Waals surface area contributed by atoms with E-state index in [0.717, 1.165) is 10.9 Å². The van der Waals surface area contributed by atoms with Gasteiger partial charge in [0.15, 0.2) is 0 Å². The fraction of sp³-hybridized carbons (Fsp3) is 0.417. The number of carbonyl (C=O) groups is 1. The zero-order valence-electron chi connectivity index (χ0n) is 8.90. The van der Waals surface area contributed by atoms with E-state index in [1.54, 1.807) is 4.90 Å². The van der Waals surface area contributed by atoms with E-state index >= 15 is 0 Å². The molecule has 0 saturated heterocycles. The topological polar surface area (TPSA) is 20.3 Å². The molecule has 1 fully saturated rings. The van der Waals surface area contributed by atoms with Crippen molar-refractivity contribution in [3.8, 4) is 0 Å². The normalized spacial score (nSPS) is 23.7. The van der Waals surface area contributed by atoms with Crippen molar-refractivity contribution >= 4 is 21.8 Å². The highest BCUT2D eigenvalue weighted by atomic mass is 79.9. The van der Waals surface area contributed by atoms with Gasteiger partial charge in [-0.25, -0.2) is 0 Å². The van der Waals surface area contributed by atoms with Crippen LogP contribution in [0.25, 0.3) is 0 Å². The van der Waals surface area contributed by atoms with E-state index in [2.05, 4.69) is 22.0 Å². The van der Waals surface area contributed by atoms with Gasteiger partial charge in [0.05, 0.1) is 0 Å². The monoisotopic (exact) mass is 267 g/mol. The number of rotatable bonds is 2. The molecule has 0 aliphatic heterocycles. The lowest BCUT2D eigenvalue weighted by Gasteiger charge is -2.10. The van der Waals surface area contributed by atoms with Crippen molar-refractivity contribution < 1.29 is 4.79 Å². The highest BCUT2D eigenvalue weighted by Gasteiger charge is 2.45. The number of hydrogen-bond acceptors (Lipinski definition) is 1. The highest BCUT2D eigenvalue weighted by Crippen LogP contribution is 2.50. The molecule has 0 bridgehead atoms. The summed E-state index contributed by atoms with van der Waals surface area (Å²) in [7, 11) is 3.63. The van der Waals surface area contributed by atoms with Crippen LogP contribution in [0.1, 0.15) is 17.9 Å².